The standard InChI is InChI=1S/C18H24N2O/c1-2-15-11-18(21)20(13-15)17-9-6-10-19(14-17)12-16-7-4-3-5-8-16/h2-5,7-8,15,17H,1,6,9-14H2/t15?,17-/m1/s1. The van der Waals surface area contributed by atoms with Gasteiger partial charge in [0.15, 0.2) is 0 Å². The number of likely N-dealkylation sites (tertiary alicyclic amines) is 2. The van der Waals surface area contributed by atoms with Gasteiger partial charge in [-0.25, -0.2) is 0 Å². The van der Waals surface area contributed by atoms with E-state index in [4.69, 9.17) is 0 Å². The van der Waals surface area contributed by atoms with E-state index in [-0.39, 0.29) is 0 Å². The van der Waals surface area contributed by atoms with Crippen LogP contribution in [0.1, 0.15) is 24.8 Å². The third-order valence-corrected chi connectivity index (χ3v) is 4.69. The first-order valence-electron chi connectivity index (χ1n) is 7.94. The SMILES string of the molecule is C=CC1CC(=O)N([C@@H]2CCCN(Cc3ccccc3)C2)C1. The molecule has 2 aliphatic heterocycles. The molecule has 1 unspecified atom stereocenters. The Bertz CT molecular complexity index is 499. The molecule has 1 aromatic carbocycles. The van der Waals surface area contributed by atoms with Crippen molar-refractivity contribution in [2.45, 2.75) is 31.8 Å². The van der Waals surface area contributed by atoms with E-state index in [0.29, 0.717) is 24.3 Å². The van der Waals surface area contributed by atoms with Crippen LogP contribution in [0.3, 0.4) is 0 Å². The third kappa shape index (κ3) is 3.35. The van der Waals surface area contributed by atoms with Crippen LogP contribution >= 0.6 is 0 Å². The summed E-state index contributed by atoms with van der Waals surface area (Å²) in [6.45, 7) is 7.84. The van der Waals surface area contributed by atoms with E-state index in [9.17, 15) is 4.79 Å². The van der Waals surface area contributed by atoms with Gasteiger partial charge in [0.1, 0.15) is 0 Å². The number of rotatable bonds is 4. The molecule has 0 bridgehead atoms. The first kappa shape index (κ1) is 14.3. The van der Waals surface area contributed by atoms with Gasteiger partial charge in [-0.05, 0) is 24.9 Å². The number of benzene rings is 1. The van der Waals surface area contributed by atoms with E-state index in [2.05, 4.69) is 46.7 Å². The molecule has 0 radical (unpaired) electrons. The maximum absolute atomic E-state index is 12.2. The molecule has 3 rings (SSSR count). The largest absolute Gasteiger partial charge is 0.338 e. The maximum Gasteiger partial charge on any atom is 0.223 e. The lowest BCUT2D eigenvalue weighted by atomic mass is 10.0. The molecule has 112 valence electrons. The summed E-state index contributed by atoms with van der Waals surface area (Å²) in [7, 11) is 0. The molecular formula is C18H24N2O. The predicted octanol–water partition coefficient (Wildman–Crippen LogP) is 2.69. The molecule has 2 aliphatic rings. The summed E-state index contributed by atoms with van der Waals surface area (Å²) >= 11 is 0. The molecule has 1 aromatic rings. The van der Waals surface area contributed by atoms with Crippen molar-refractivity contribution in [3.8, 4) is 0 Å². The zero-order valence-electron chi connectivity index (χ0n) is 12.6. The highest BCUT2D eigenvalue weighted by atomic mass is 16.2. The second-order valence-electron chi connectivity index (χ2n) is 6.26. The van der Waals surface area contributed by atoms with Gasteiger partial charge in [-0.15, -0.1) is 6.58 Å². The van der Waals surface area contributed by atoms with Crippen molar-refractivity contribution in [2.24, 2.45) is 5.92 Å². The van der Waals surface area contributed by atoms with Crippen LogP contribution in [-0.4, -0.2) is 41.4 Å². The first-order chi connectivity index (χ1) is 10.3. The number of piperidine rings is 1. The van der Waals surface area contributed by atoms with E-state index >= 15 is 0 Å². The zero-order valence-corrected chi connectivity index (χ0v) is 12.6. The molecule has 0 saturated carbocycles. The van der Waals surface area contributed by atoms with E-state index in [1.807, 2.05) is 6.08 Å². The topological polar surface area (TPSA) is 23.6 Å². The lowest BCUT2D eigenvalue weighted by Gasteiger charge is -2.37. The van der Waals surface area contributed by atoms with Gasteiger partial charge in [0.25, 0.3) is 0 Å². The summed E-state index contributed by atoms with van der Waals surface area (Å²) < 4.78 is 0. The number of hydrogen-bond acceptors (Lipinski definition) is 2. The van der Waals surface area contributed by atoms with Crippen LogP contribution < -0.4 is 0 Å². The molecule has 0 aliphatic carbocycles. The molecule has 2 heterocycles. The minimum Gasteiger partial charge on any atom is -0.338 e. The van der Waals surface area contributed by atoms with Crippen LogP contribution in [0.4, 0.5) is 0 Å². The fraction of sp³-hybridized carbons (Fsp3) is 0.500. The molecule has 0 N–H and O–H groups in total. The first-order valence-corrected chi connectivity index (χ1v) is 7.94. The van der Waals surface area contributed by atoms with Crippen LogP contribution in [0.25, 0.3) is 0 Å². The van der Waals surface area contributed by atoms with E-state index in [0.717, 1.165) is 32.6 Å². The van der Waals surface area contributed by atoms with Gasteiger partial charge in [0.05, 0.1) is 0 Å². The third-order valence-electron chi connectivity index (χ3n) is 4.69. The molecule has 0 spiro atoms. The Balaban J connectivity index is 1.61. The van der Waals surface area contributed by atoms with Gasteiger partial charge in [0.2, 0.25) is 5.91 Å². The fourth-order valence-electron chi connectivity index (χ4n) is 3.54. The van der Waals surface area contributed by atoms with Crippen LogP contribution in [0, 0.1) is 5.92 Å². The Morgan fingerprint density at radius 2 is 2.05 bits per heavy atom. The molecular weight excluding hydrogens is 260 g/mol. The Hall–Kier alpha value is -1.61. The second-order valence-corrected chi connectivity index (χ2v) is 6.26. The highest BCUT2D eigenvalue weighted by molar-refractivity contribution is 5.79. The summed E-state index contributed by atoms with van der Waals surface area (Å²) in [5, 5.41) is 0. The van der Waals surface area contributed by atoms with Crippen molar-refractivity contribution in [2.75, 3.05) is 19.6 Å². The van der Waals surface area contributed by atoms with Gasteiger partial charge in [-0.2, -0.15) is 0 Å². The van der Waals surface area contributed by atoms with E-state index in [1.165, 1.54) is 12.0 Å². The summed E-state index contributed by atoms with van der Waals surface area (Å²) in [6, 6.07) is 11.0. The maximum atomic E-state index is 12.2. The van der Waals surface area contributed by atoms with Gasteiger partial charge < -0.3 is 4.90 Å². The highest BCUT2D eigenvalue weighted by Gasteiger charge is 2.34. The Morgan fingerprint density at radius 3 is 2.76 bits per heavy atom. The van der Waals surface area contributed by atoms with Gasteiger partial charge >= 0.3 is 0 Å². The number of carbonyl (C=O) groups excluding carboxylic acids is 1. The summed E-state index contributed by atoms with van der Waals surface area (Å²) in [6.07, 6.45) is 4.90. The van der Waals surface area contributed by atoms with Gasteiger partial charge in [0, 0.05) is 38.0 Å². The van der Waals surface area contributed by atoms with Crippen molar-refractivity contribution >= 4 is 5.91 Å². The number of amides is 1. The fourth-order valence-corrected chi connectivity index (χ4v) is 3.54. The normalized spacial score (nSPS) is 27.0. The van der Waals surface area contributed by atoms with Crippen LogP contribution in [0.5, 0.6) is 0 Å². The molecule has 3 heteroatoms. The molecule has 2 atom stereocenters. The quantitative estimate of drug-likeness (QED) is 0.794. The van der Waals surface area contributed by atoms with E-state index < -0.39 is 0 Å². The summed E-state index contributed by atoms with van der Waals surface area (Å²) in [5.74, 6) is 0.661. The average Bonchev–Trinajstić information content (AvgIpc) is 2.90. The molecule has 2 saturated heterocycles. The Kier molecular flexibility index (Phi) is 4.39. The molecule has 2 fully saturated rings. The van der Waals surface area contributed by atoms with Crippen LogP contribution in [-0.2, 0) is 11.3 Å². The van der Waals surface area contributed by atoms with Gasteiger partial charge in [-0.1, -0.05) is 36.4 Å². The Labute approximate surface area is 127 Å². The highest BCUT2D eigenvalue weighted by Crippen LogP contribution is 2.26. The number of hydrogen-bond donors (Lipinski definition) is 0. The smallest absolute Gasteiger partial charge is 0.223 e. The molecule has 3 nitrogen and oxygen atoms in total. The van der Waals surface area contributed by atoms with Crippen molar-refractivity contribution in [1.29, 1.82) is 0 Å². The lowest BCUT2D eigenvalue weighted by molar-refractivity contribution is -0.130. The van der Waals surface area contributed by atoms with Crippen molar-refractivity contribution in [3.05, 3.63) is 48.6 Å². The molecule has 21 heavy (non-hydrogen) atoms. The second kappa shape index (κ2) is 6.44. The van der Waals surface area contributed by atoms with E-state index in [1.54, 1.807) is 0 Å². The lowest BCUT2D eigenvalue weighted by Crippen LogP contribution is -2.48. The van der Waals surface area contributed by atoms with Crippen molar-refractivity contribution < 1.29 is 4.79 Å². The van der Waals surface area contributed by atoms with Crippen LogP contribution in [0.15, 0.2) is 43.0 Å². The van der Waals surface area contributed by atoms with Crippen LogP contribution in [0.2, 0.25) is 0 Å². The zero-order chi connectivity index (χ0) is 14.7. The average molecular weight is 284 g/mol. The summed E-state index contributed by atoms with van der Waals surface area (Å²) in [4.78, 5) is 16.8. The molecule has 1 amide bonds. The number of nitrogens with zero attached hydrogens (tertiary/aromatic N) is 2. The predicted molar refractivity (Wildman–Crippen MR) is 84.8 cm³/mol. The minimum absolute atomic E-state index is 0.312. The summed E-state index contributed by atoms with van der Waals surface area (Å²) in [5.41, 5.74) is 1.36. The minimum atomic E-state index is 0.312. The number of carbonyl (C=O) groups is 1. The van der Waals surface area contributed by atoms with Gasteiger partial charge in [-0.3, -0.25) is 9.69 Å². The van der Waals surface area contributed by atoms with Crippen molar-refractivity contribution in [3.63, 3.8) is 0 Å². The monoisotopic (exact) mass is 284 g/mol. The Morgan fingerprint density at radius 1 is 1.24 bits per heavy atom. The molecule has 0 aromatic heterocycles. The van der Waals surface area contributed by atoms with Crippen molar-refractivity contribution in [1.82, 2.24) is 9.80 Å².